The molecular formula is C17H18Cl2N2O3. The summed E-state index contributed by atoms with van der Waals surface area (Å²) in [5, 5.41) is 0.929. The second kappa shape index (κ2) is 8.76. The Labute approximate surface area is 151 Å². The highest BCUT2D eigenvalue weighted by atomic mass is 35.5. The lowest BCUT2D eigenvalue weighted by Crippen LogP contribution is -2.31. The van der Waals surface area contributed by atoms with Gasteiger partial charge in [-0.25, -0.2) is 4.98 Å². The number of pyridine rings is 1. The van der Waals surface area contributed by atoms with Crippen molar-refractivity contribution in [2.45, 2.75) is 6.92 Å². The minimum atomic E-state index is -0.291. The van der Waals surface area contributed by atoms with Gasteiger partial charge in [-0.15, -0.1) is 0 Å². The third-order valence-electron chi connectivity index (χ3n) is 3.17. The Balaban J connectivity index is 1.94. The summed E-state index contributed by atoms with van der Waals surface area (Å²) >= 11 is 11.9. The van der Waals surface area contributed by atoms with Crippen LogP contribution in [0.3, 0.4) is 0 Å². The van der Waals surface area contributed by atoms with Crippen molar-refractivity contribution in [2.75, 3.05) is 26.8 Å². The number of halogens is 2. The van der Waals surface area contributed by atoms with Crippen molar-refractivity contribution in [1.29, 1.82) is 0 Å². The minimum absolute atomic E-state index is 0.164. The second-order valence-corrected chi connectivity index (χ2v) is 5.79. The molecule has 0 bridgehead atoms. The summed E-state index contributed by atoms with van der Waals surface area (Å²) in [5.74, 6) is 0.770. The fourth-order valence-corrected chi connectivity index (χ4v) is 2.23. The van der Waals surface area contributed by atoms with E-state index in [-0.39, 0.29) is 16.6 Å². The van der Waals surface area contributed by atoms with Crippen LogP contribution in [0.4, 0.5) is 0 Å². The van der Waals surface area contributed by atoms with Crippen LogP contribution >= 0.6 is 23.2 Å². The highest BCUT2D eigenvalue weighted by molar-refractivity contribution is 6.33. The predicted molar refractivity (Wildman–Crippen MR) is 94.3 cm³/mol. The van der Waals surface area contributed by atoms with Crippen molar-refractivity contribution in [2.24, 2.45) is 0 Å². The van der Waals surface area contributed by atoms with E-state index in [1.807, 2.05) is 6.92 Å². The van der Waals surface area contributed by atoms with Crippen LogP contribution in [0.15, 0.2) is 36.4 Å². The zero-order chi connectivity index (χ0) is 17.5. The first-order valence-electron chi connectivity index (χ1n) is 7.44. The molecule has 1 heterocycles. The molecule has 2 aromatic rings. The Hall–Kier alpha value is -1.98. The minimum Gasteiger partial charge on any atom is -0.492 e. The Morgan fingerprint density at radius 1 is 1.12 bits per heavy atom. The third-order valence-corrected chi connectivity index (χ3v) is 3.73. The molecule has 1 amide bonds. The summed E-state index contributed by atoms with van der Waals surface area (Å²) in [5.41, 5.74) is 0.164. The molecule has 0 fully saturated rings. The first-order chi connectivity index (χ1) is 11.5. The van der Waals surface area contributed by atoms with E-state index in [9.17, 15) is 4.79 Å². The number of carbonyl (C=O) groups is 1. The summed E-state index contributed by atoms with van der Waals surface area (Å²) < 4.78 is 10.9. The molecule has 128 valence electrons. The average molecular weight is 369 g/mol. The highest BCUT2D eigenvalue weighted by Crippen LogP contribution is 2.20. The number of ether oxygens (including phenoxy) is 2. The van der Waals surface area contributed by atoms with Crippen LogP contribution in [0, 0.1) is 0 Å². The number of hydrogen-bond acceptors (Lipinski definition) is 4. The van der Waals surface area contributed by atoms with Crippen LogP contribution in [-0.4, -0.2) is 42.6 Å². The van der Waals surface area contributed by atoms with Gasteiger partial charge in [0, 0.05) is 18.1 Å². The fraction of sp³-hybridized carbons (Fsp3) is 0.294. The molecule has 24 heavy (non-hydrogen) atoms. The van der Waals surface area contributed by atoms with Crippen molar-refractivity contribution in [3.8, 4) is 11.6 Å². The van der Waals surface area contributed by atoms with Crippen molar-refractivity contribution < 1.29 is 14.3 Å². The topological polar surface area (TPSA) is 51.7 Å². The molecule has 0 aliphatic carbocycles. The van der Waals surface area contributed by atoms with Crippen molar-refractivity contribution in [3.63, 3.8) is 0 Å². The molecule has 0 atom stereocenters. The molecule has 0 saturated heterocycles. The van der Waals surface area contributed by atoms with Gasteiger partial charge in [-0.1, -0.05) is 23.2 Å². The predicted octanol–water partition coefficient (Wildman–Crippen LogP) is 3.94. The van der Waals surface area contributed by atoms with E-state index < -0.39 is 0 Å². The van der Waals surface area contributed by atoms with Gasteiger partial charge in [0.1, 0.15) is 12.4 Å². The van der Waals surface area contributed by atoms with E-state index in [2.05, 4.69) is 4.98 Å². The van der Waals surface area contributed by atoms with E-state index in [1.165, 1.54) is 4.90 Å². The molecule has 0 spiro atoms. The average Bonchev–Trinajstić information content (AvgIpc) is 2.58. The van der Waals surface area contributed by atoms with Crippen molar-refractivity contribution in [1.82, 2.24) is 9.88 Å². The Morgan fingerprint density at radius 2 is 1.83 bits per heavy atom. The first-order valence-corrected chi connectivity index (χ1v) is 8.20. The standard InChI is InChI=1S/C17H18Cl2N2O3/c1-3-23-15-9-8-14(19)16(20-15)17(22)21(2)10-11-24-13-6-4-12(18)5-7-13/h4-9H,3,10-11H2,1-2H3. The quantitative estimate of drug-likeness (QED) is 0.742. The van der Waals surface area contributed by atoms with E-state index in [1.54, 1.807) is 43.4 Å². The summed E-state index contributed by atoms with van der Waals surface area (Å²) in [4.78, 5) is 18.1. The van der Waals surface area contributed by atoms with E-state index >= 15 is 0 Å². The van der Waals surface area contributed by atoms with E-state index in [0.717, 1.165) is 0 Å². The highest BCUT2D eigenvalue weighted by Gasteiger charge is 2.18. The van der Waals surface area contributed by atoms with E-state index in [0.29, 0.717) is 36.4 Å². The molecule has 0 aliphatic rings. The number of carbonyl (C=O) groups excluding carboxylic acids is 1. The van der Waals surface area contributed by atoms with Gasteiger partial charge in [-0.3, -0.25) is 4.79 Å². The first kappa shape index (κ1) is 18.4. The Bertz CT molecular complexity index is 693. The number of nitrogens with zero attached hydrogens (tertiary/aromatic N) is 2. The number of aromatic nitrogens is 1. The number of hydrogen-bond donors (Lipinski definition) is 0. The van der Waals surface area contributed by atoms with Gasteiger partial charge < -0.3 is 14.4 Å². The van der Waals surface area contributed by atoms with Gasteiger partial charge in [0.15, 0.2) is 5.69 Å². The van der Waals surface area contributed by atoms with Gasteiger partial charge in [-0.2, -0.15) is 0 Å². The molecule has 2 rings (SSSR count). The molecule has 1 aromatic carbocycles. The maximum absolute atomic E-state index is 12.5. The number of amides is 1. The lowest BCUT2D eigenvalue weighted by Gasteiger charge is -2.18. The molecule has 0 radical (unpaired) electrons. The summed E-state index contributed by atoms with van der Waals surface area (Å²) in [7, 11) is 1.67. The maximum Gasteiger partial charge on any atom is 0.274 e. The normalized spacial score (nSPS) is 10.3. The molecule has 0 N–H and O–H groups in total. The van der Waals surface area contributed by atoms with Crippen LogP contribution in [0.25, 0.3) is 0 Å². The molecule has 0 saturated carbocycles. The SMILES string of the molecule is CCOc1ccc(Cl)c(C(=O)N(C)CCOc2ccc(Cl)cc2)n1. The number of likely N-dealkylation sites (N-methyl/N-ethyl adjacent to an activating group) is 1. The fourth-order valence-electron chi connectivity index (χ4n) is 1.92. The van der Waals surface area contributed by atoms with Gasteiger partial charge in [0.2, 0.25) is 5.88 Å². The second-order valence-electron chi connectivity index (χ2n) is 4.94. The van der Waals surface area contributed by atoms with Crippen LogP contribution in [-0.2, 0) is 0 Å². The summed E-state index contributed by atoms with van der Waals surface area (Å²) in [6.07, 6.45) is 0. The molecule has 0 aliphatic heterocycles. The molecule has 5 nitrogen and oxygen atoms in total. The zero-order valence-corrected chi connectivity index (χ0v) is 15.0. The Morgan fingerprint density at radius 3 is 2.50 bits per heavy atom. The van der Waals surface area contributed by atoms with Gasteiger partial charge >= 0.3 is 0 Å². The van der Waals surface area contributed by atoms with E-state index in [4.69, 9.17) is 32.7 Å². The van der Waals surface area contributed by atoms with Crippen molar-refractivity contribution in [3.05, 3.63) is 52.1 Å². The van der Waals surface area contributed by atoms with Crippen LogP contribution in [0.1, 0.15) is 17.4 Å². The summed E-state index contributed by atoms with van der Waals surface area (Å²) in [6, 6.07) is 10.3. The lowest BCUT2D eigenvalue weighted by atomic mass is 10.3. The maximum atomic E-state index is 12.5. The number of rotatable bonds is 7. The Kier molecular flexibility index (Phi) is 6.70. The van der Waals surface area contributed by atoms with Gasteiger partial charge in [-0.05, 0) is 37.3 Å². The number of benzene rings is 1. The van der Waals surface area contributed by atoms with Crippen LogP contribution in [0.5, 0.6) is 11.6 Å². The molecule has 0 unspecified atom stereocenters. The largest absolute Gasteiger partial charge is 0.492 e. The van der Waals surface area contributed by atoms with Crippen molar-refractivity contribution >= 4 is 29.1 Å². The monoisotopic (exact) mass is 368 g/mol. The molecule has 1 aromatic heterocycles. The van der Waals surface area contributed by atoms with Gasteiger partial charge in [0.25, 0.3) is 5.91 Å². The molecule has 7 heteroatoms. The third kappa shape index (κ3) is 5.01. The smallest absolute Gasteiger partial charge is 0.274 e. The van der Waals surface area contributed by atoms with Crippen LogP contribution in [0.2, 0.25) is 10.0 Å². The zero-order valence-electron chi connectivity index (χ0n) is 13.5. The summed E-state index contributed by atoms with van der Waals surface area (Å²) in [6.45, 7) is 3.04. The lowest BCUT2D eigenvalue weighted by molar-refractivity contribution is 0.0767. The van der Waals surface area contributed by atoms with Crippen LogP contribution < -0.4 is 9.47 Å². The molecular weight excluding hydrogens is 351 g/mol. The van der Waals surface area contributed by atoms with Gasteiger partial charge in [0.05, 0.1) is 18.2 Å².